The summed E-state index contributed by atoms with van der Waals surface area (Å²) in [5.74, 6) is 0.588. The Morgan fingerprint density at radius 1 is 1.24 bits per heavy atom. The maximum absolute atomic E-state index is 12.5. The van der Waals surface area contributed by atoms with Crippen molar-refractivity contribution in [3.63, 3.8) is 0 Å². The maximum atomic E-state index is 12.5. The van der Waals surface area contributed by atoms with Crippen molar-refractivity contribution in [3.05, 3.63) is 48.0 Å². The highest BCUT2D eigenvalue weighted by atomic mass is 32.2. The molecule has 130 valence electrons. The van der Waals surface area contributed by atoms with Crippen molar-refractivity contribution in [1.82, 2.24) is 4.98 Å². The van der Waals surface area contributed by atoms with Gasteiger partial charge < -0.3 is 4.74 Å². The van der Waals surface area contributed by atoms with Gasteiger partial charge in [0.25, 0.3) is 5.91 Å². The Kier molecular flexibility index (Phi) is 5.60. The smallest absolute Gasteiger partial charge is 0.257 e. The topological polar surface area (TPSA) is 51.2 Å². The lowest BCUT2D eigenvalue weighted by atomic mass is 10.2. The van der Waals surface area contributed by atoms with Gasteiger partial charge in [0.2, 0.25) is 0 Å². The highest BCUT2D eigenvalue weighted by Crippen LogP contribution is 2.32. The first-order valence-electron chi connectivity index (χ1n) is 8.17. The summed E-state index contributed by atoms with van der Waals surface area (Å²) in [6.45, 7) is 6.82. The lowest BCUT2D eigenvalue weighted by Crippen LogP contribution is -2.11. The van der Waals surface area contributed by atoms with Gasteiger partial charge in [0.05, 0.1) is 11.3 Å². The van der Waals surface area contributed by atoms with E-state index in [0.717, 1.165) is 20.9 Å². The van der Waals surface area contributed by atoms with E-state index in [9.17, 15) is 4.79 Å². The number of thiazole rings is 1. The number of nitrogens with zero attached hydrogens (tertiary/aromatic N) is 1. The zero-order chi connectivity index (χ0) is 17.8. The first-order valence-corrected chi connectivity index (χ1v) is 9.87. The molecule has 0 bridgehead atoms. The fourth-order valence-corrected chi connectivity index (χ4v) is 4.09. The van der Waals surface area contributed by atoms with Gasteiger partial charge in [-0.25, -0.2) is 4.98 Å². The molecule has 0 aliphatic rings. The number of para-hydroxylation sites is 1. The number of benzene rings is 2. The minimum atomic E-state index is -0.155. The molecule has 0 saturated carbocycles. The number of aromatic nitrogens is 1. The van der Waals surface area contributed by atoms with Crippen LogP contribution in [0.25, 0.3) is 10.2 Å². The molecule has 1 amide bonds. The Hall–Kier alpha value is -2.05. The first-order chi connectivity index (χ1) is 12.1. The summed E-state index contributed by atoms with van der Waals surface area (Å²) in [4.78, 5) is 18.1. The summed E-state index contributed by atoms with van der Waals surface area (Å²) in [6, 6.07) is 13.4. The van der Waals surface area contributed by atoms with Crippen molar-refractivity contribution in [2.45, 2.75) is 30.9 Å². The van der Waals surface area contributed by atoms with Crippen LogP contribution in [0.5, 0.6) is 5.75 Å². The Balaban J connectivity index is 1.76. The molecule has 1 heterocycles. The third kappa shape index (κ3) is 4.32. The van der Waals surface area contributed by atoms with E-state index in [2.05, 4.69) is 24.1 Å². The second-order valence-corrected chi connectivity index (χ2v) is 8.38. The number of rotatable bonds is 6. The molecule has 0 aliphatic carbocycles. The lowest BCUT2D eigenvalue weighted by molar-refractivity contribution is 0.102. The molecule has 1 N–H and O–H groups in total. The molecule has 0 saturated heterocycles. The van der Waals surface area contributed by atoms with E-state index in [1.807, 2.05) is 49.4 Å². The Bertz CT molecular complexity index is 873. The van der Waals surface area contributed by atoms with Gasteiger partial charge >= 0.3 is 0 Å². The van der Waals surface area contributed by atoms with Crippen molar-refractivity contribution < 1.29 is 9.53 Å². The maximum Gasteiger partial charge on any atom is 0.257 e. The van der Waals surface area contributed by atoms with Crippen LogP contribution in [0, 0.1) is 0 Å². The molecule has 0 radical (unpaired) electrons. The van der Waals surface area contributed by atoms with Crippen LogP contribution in [-0.2, 0) is 0 Å². The number of hydrogen-bond acceptors (Lipinski definition) is 5. The van der Waals surface area contributed by atoms with E-state index >= 15 is 0 Å². The van der Waals surface area contributed by atoms with Crippen molar-refractivity contribution in [1.29, 1.82) is 0 Å². The number of fused-ring (bicyclic) bond motifs is 1. The predicted octanol–water partition coefficient (Wildman–Crippen LogP) is 5.45. The molecule has 3 aromatic rings. The number of amides is 1. The van der Waals surface area contributed by atoms with Gasteiger partial charge in [0, 0.05) is 15.7 Å². The normalized spacial score (nSPS) is 11.0. The van der Waals surface area contributed by atoms with Crippen molar-refractivity contribution in [2.24, 2.45) is 0 Å². The first kappa shape index (κ1) is 17.8. The van der Waals surface area contributed by atoms with Crippen LogP contribution in [0.4, 0.5) is 5.13 Å². The monoisotopic (exact) mass is 372 g/mol. The van der Waals surface area contributed by atoms with Gasteiger partial charge in [-0.05, 0) is 43.3 Å². The van der Waals surface area contributed by atoms with Gasteiger partial charge in [-0.15, -0.1) is 11.8 Å². The number of anilines is 1. The molecule has 0 atom stereocenters. The average molecular weight is 373 g/mol. The second-order valence-electron chi connectivity index (χ2n) is 5.70. The van der Waals surface area contributed by atoms with Gasteiger partial charge in [0.1, 0.15) is 11.3 Å². The molecule has 25 heavy (non-hydrogen) atoms. The van der Waals surface area contributed by atoms with Gasteiger partial charge in [0.15, 0.2) is 5.13 Å². The van der Waals surface area contributed by atoms with E-state index in [4.69, 9.17) is 4.74 Å². The minimum Gasteiger partial charge on any atom is -0.492 e. The highest BCUT2D eigenvalue weighted by Gasteiger charge is 2.12. The summed E-state index contributed by atoms with van der Waals surface area (Å²) in [5, 5.41) is 3.98. The minimum absolute atomic E-state index is 0.155. The SMILES string of the molecule is CCOc1cccc2sc(NC(=O)c3ccc(SC(C)C)cc3)nc12. The van der Waals surface area contributed by atoms with Crippen molar-refractivity contribution in [2.75, 3.05) is 11.9 Å². The molecule has 6 heteroatoms. The quantitative estimate of drug-likeness (QED) is 0.585. The van der Waals surface area contributed by atoms with Crippen molar-refractivity contribution >= 4 is 44.4 Å². The van der Waals surface area contributed by atoms with E-state index in [1.165, 1.54) is 11.3 Å². The zero-order valence-corrected chi connectivity index (χ0v) is 16.0. The van der Waals surface area contributed by atoms with Crippen LogP contribution >= 0.6 is 23.1 Å². The highest BCUT2D eigenvalue weighted by molar-refractivity contribution is 7.99. The van der Waals surface area contributed by atoms with E-state index in [1.54, 1.807) is 11.8 Å². The Morgan fingerprint density at radius 3 is 2.68 bits per heavy atom. The molecule has 0 aliphatic heterocycles. The molecule has 3 rings (SSSR count). The molecule has 0 spiro atoms. The molecule has 0 unspecified atom stereocenters. The summed E-state index contributed by atoms with van der Waals surface area (Å²) in [5.41, 5.74) is 1.41. The molecule has 2 aromatic carbocycles. The van der Waals surface area contributed by atoms with E-state index in [-0.39, 0.29) is 5.91 Å². The standard InChI is InChI=1S/C19H20N2O2S2/c1-4-23-15-6-5-7-16-17(15)20-19(25-16)21-18(22)13-8-10-14(11-9-13)24-12(2)3/h5-12H,4H2,1-3H3,(H,20,21,22). The second kappa shape index (κ2) is 7.89. The van der Waals surface area contributed by atoms with Crippen LogP contribution in [0.3, 0.4) is 0 Å². The fraction of sp³-hybridized carbons (Fsp3) is 0.263. The third-order valence-corrected chi connectivity index (χ3v) is 5.34. The van der Waals surface area contributed by atoms with E-state index in [0.29, 0.717) is 22.6 Å². The molecule has 1 aromatic heterocycles. The summed E-state index contributed by atoms with van der Waals surface area (Å²) in [7, 11) is 0. The number of carbonyl (C=O) groups is 1. The predicted molar refractivity (Wildman–Crippen MR) is 106 cm³/mol. The molecular formula is C19H20N2O2S2. The van der Waals surface area contributed by atoms with Crippen LogP contribution in [0.15, 0.2) is 47.4 Å². The summed E-state index contributed by atoms with van der Waals surface area (Å²) >= 11 is 3.22. The number of carbonyl (C=O) groups excluding carboxylic acids is 1. The Morgan fingerprint density at radius 2 is 2.00 bits per heavy atom. The Labute approximate surface area is 155 Å². The average Bonchev–Trinajstić information content (AvgIpc) is 2.98. The van der Waals surface area contributed by atoms with Crippen molar-refractivity contribution in [3.8, 4) is 5.75 Å². The van der Waals surface area contributed by atoms with Crippen LogP contribution in [0.1, 0.15) is 31.1 Å². The number of thioether (sulfide) groups is 1. The molecule has 0 fully saturated rings. The number of hydrogen-bond donors (Lipinski definition) is 1. The number of nitrogens with one attached hydrogen (secondary N) is 1. The van der Waals surface area contributed by atoms with Gasteiger partial charge in [-0.2, -0.15) is 0 Å². The number of ether oxygens (including phenoxy) is 1. The lowest BCUT2D eigenvalue weighted by Gasteiger charge is -2.06. The largest absolute Gasteiger partial charge is 0.492 e. The fourth-order valence-electron chi connectivity index (χ4n) is 2.38. The van der Waals surface area contributed by atoms with Gasteiger partial charge in [-0.3, -0.25) is 10.1 Å². The molecular weight excluding hydrogens is 352 g/mol. The van der Waals surface area contributed by atoms with Crippen LogP contribution < -0.4 is 10.1 Å². The molecule has 4 nitrogen and oxygen atoms in total. The summed E-state index contributed by atoms with van der Waals surface area (Å²) in [6.07, 6.45) is 0. The van der Waals surface area contributed by atoms with Crippen LogP contribution in [-0.4, -0.2) is 22.7 Å². The van der Waals surface area contributed by atoms with E-state index < -0.39 is 0 Å². The van der Waals surface area contributed by atoms with Gasteiger partial charge in [-0.1, -0.05) is 31.3 Å². The van der Waals surface area contributed by atoms with Crippen LogP contribution in [0.2, 0.25) is 0 Å². The third-order valence-electron chi connectivity index (χ3n) is 3.39. The zero-order valence-electron chi connectivity index (χ0n) is 14.4. The summed E-state index contributed by atoms with van der Waals surface area (Å²) < 4.78 is 6.59.